The molecule has 0 aliphatic carbocycles. The maximum atomic E-state index is 13.2. The van der Waals surface area contributed by atoms with E-state index in [4.69, 9.17) is 5.10 Å². The highest BCUT2D eigenvalue weighted by Gasteiger charge is 2.21. The molecule has 7 heteroatoms. The molecule has 4 aromatic rings. The van der Waals surface area contributed by atoms with Gasteiger partial charge in [0.05, 0.1) is 11.4 Å². The molecule has 3 aromatic carbocycles. The first-order valence-corrected chi connectivity index (χ1v) is 13.0. The van der Waals surface area contributed by atoms with Gasteiger partial charge in [-0.25, -0.2) is 9.48 Å². The summed E-state index contributed by atoms with van der Waals surface area (Å²) < 4.78 is 1.71. The number of nitrogens with zero attached hydrogens (tertiary/aromatic N) is 3. The standard InChI is InChI=1S/C31H35N5O2/c1-22(2)20-35(31(38)32-26-17-15-24(16-18-26)23(3)4)21-30(37)33-29-19-28(25-11-7-5-8-12-25)34-36(29)27-13-9-6-10-14-27/h5-19,22-23H,20-21H2,1-4H3,(H,32,38)(H,33,37). The second-order valence-corrected chi connectivity index (χ2v) is 10.1. The summed E-state index contributed by atoms with van der Waals surface area (Å²) in [6.45, 7) is 8.65. The number of nitrogens with one attached hydrogen (secondary N) is 2. The lowest BCUT2D eigenvalue weighted by Gasteiger charge is -2.24. The summed E-state index contributed by atoms with van der Waals surface area (Å²) in [6.07, 6.45) is 0. The van der Waals surface area contributed by atoms with Crippen LogP contribution in [0.1, 0.15) is 39.2 Å². The number of rotatable bonds is 9. The molecular weight excluding hydrogens is 474 g/mol. The smallest absolute Gasteiger partial charge is 0.315 e. The zero-order valence-electron chi connectivity index (χ0n) is 22.4. The summed E-state index contributed by atoms with van der Waals surface area (Å²) in [4.78, 5) is 27.9. The van der Waals surface area contributed by atoms with Crippen LogP contribution < -0.4 is 10.6 Å². The quantitative estimate of drug-likeness (QED) is 0.261. The zero-order valence-corrected chi connectivity index (χ0v) is 22.4. The molecule has 0 saturated heterocycles. The molecule has 196 valence electrons. The van der Waals surface area contributed by atoms with E-state index in [1.54, 1.807) is 4.68 Å². The fraction of sp³-hybridized carbons (Fsp3) is 0.258. The van der Waals surface area contributed by atoms with E-state index in [2.05, 4.69) is 24.5 Å². The summed E-state index contributed by atoms with van der Waals surface area (Å²) >= 11 is 0. The largest absolute Gasteiger partial charge is 0.322 e. The Morgan fingerprint density at radius 2 is 1.47 bits per heavy atom. The molecule has 4 rings (SSSR count). The number of para-hydroxylation sites is 1. The van der Waals surface area contributed by atoms with E-state index in [9.17, 15) is 9.59 Å². The summed E-state index contributed by atoms with van der Waals surface area (Å²) in [6, 6.07) is 28.8. The number of amides is 3. The van der Waals surface area contributed by atoms with Crippen molar-refractivity contribution in [3.8, 4) is 16.9 Å². The lowest BCUT2D eigenvalue weighted by Crippen LogP contribution is -2.42. The van der Waals surface area contributed by atoms with Crippen molar-refractivity contribution in [1.29, 1.82) is 0 Å². The molecule has 7 nitrogen and oxygen atoms in total. The minimum absolute atomic E-state index is 0.0886. The highest BCUT2D eigenvalue weighted by molar-refractivity contribution is 5.97. The molecule has 1 heterocycles. The van der Waals surface area contributed by atoms with Gasteiger partial charge in [-0.1, -0.05) is 88.4 Å². The lowest BCUT2D eigenvalue weighted by atomic mass is 10.0. The first-order chi connectivity index (χ1) is 18.3. The maximum absolute atomic E-state index is 13.2. The van der Waals surface area contributed by atoms with Gasteiger partial charge >= 0.3 is 6.03 Å². The van der Waals surface area contributed by atoms with E-state index in [1.807, 2.05) is 105 Å². The molecular formula is C31H35N5O2. The average Bonchev–Trinajstić information content (AvgIpc) is 3.33. The van der Waals surface area contributed by atoms with E-state index in [0.29, 0.717) is 24.0 Å². The van der Waals surface area contributed by atoms with E-state index in [-0.39, 0.29) is 24.4 Å². The lowest BCUT2D eigenvalue weighted by molar-refractivity contribution is -0.116. The summed E-state index contributed by atoms with van der Waals surface area (Å²) in [5.74, 6) is 0.839. The normalized spacial score (nSPS) is 11.0. The first-order valence-electron chi connectivity index (χ1n) is 13.0. The highest BCUT2D eigenvalue weighted by Crippen LogP contribution is 2.25. The van der Waals surface area contributed by atoms with Crippen molar-refractivity contribution >= 4 is 23.4 Å². The highest BCUT2D eigenvalue weighted by atomic mass is 16.2. The number of anilines is 2. The van der Waals surface area contributed by atoms with Crippen molar-refractivity contribution in [1.82, 2.24) is 14.7 Å². The van der Waals surface area contributed by atoms with Crippen LogP contribution in [0.3, 0.4) is 0 Å². The van der Waals surface area contributed by atoms with Gasteiger partial charge in [0.2, 0.25) is 5.91 Å². The second kappa shape index (κ2) is 12.2. The molecule has 0 radical (unpaired) electrons. The van der Waals surface area contributed by atoms with Gasteiger partial charge in [-0.3, -0.25) is 4.79 Å². The Balaban J connectivity index is 1.52. The third kappa shape index (κ3) is 6.88. The molecule has 3 amide bonds. The molecule has 1 aromatic heterocycles. The van der Waals surface area contributed by atoms with Crippen LogP contribution in [0.25, 0.3) is 16.9 Å². The van der Waals surface area contributed by atoms with Gasteiger partial charge in [0.25, 0.3) is 0 Å². The molecule has 0 fully saturated rings. The fourth-order valence-electron chi connectivity index (χ4n) is 4.16. The van der Waals surface area contributed by atoms with Crippen molar-refractivity contribution < 1.29 is 9.59 Å². The molecule has 0 atom stereocenters. The molecule has 0 bridgehead atoms. The monoisotopic (exact) mass is 509 g/mol. The van der Waals surface area contributed by atoms with E-state index < -0.39 is 0 Å². The van der Waals surface area contributed by atoms with Gasteiger partial charge < -0.3 is 15.5 Å². The minimum atomic E-state index is -0.312. The number of aromatic nitrogens is 2. The Morgan fingerprint density at radius 1 is 0.842 bits per heavy atom. The van der Waals surface area contributed by atoms with Crippen molar-refractivity contribution in [3.05, 3.63) is 96.6 Å². The second-order valence-electron chi connectivity index (χ2n) is 10.1. The third-order valence-electron chi connectivity index (χ3n) is 6.08. The third-order valence-corrected chi connectivity index (χ3v) is 6.08. The molecule has 0 saturated carbocycles. The molecule has 0 aliphatic heterocycles. The van der Waals surface area contributed by atoms with Crippen molar-refractivity contribution in [3.63, 3.8) is 0 Å². The number of carbonyl (C=O) groups is 2. The summed E-state index contributed by atoms with van der Waals surface area (Å²) in [5, 5.41) is 10.7. The number of benzene rings is 3. The predicted molar refractivity (Wildman–Crippen MR) is 154 cm³/mol. The van der Waals surface area contributed by atoms with Gasteiger partial charge in [-0.15, -0.1) is 0 Å². The molecule has 0 spiro atoms. The molecule has 0 aliphatic rings. The van der Waals surface area contributed by atoms with Crippen molar-refractivity contribution in [2.45, 2.75) is 33.6 Å². The molecule has 2 N–H and O–H groups in total. The predicted octanol–water partition coefficient (Wildman–Crippen LogP) is 6.79. The first kappa shape index (κ1) is 26.7. The van der Waals surface area contributed by atoms with Crippen LogP contribution in [-0.4, -0.2) is 39.7 Å². The van der Waals surface area contributed by atoms with Crippen LogP contribution in [0, 0.1) is 5.92 Å². The number of hydrogen-bond acceptors (Lipinski definition) is 3. The van der Waals surface area contributed by atoms with E-state index in [0.717, 1.165) is 16.9 Å². The average molecular weight is 510 g/mol. The van der Waals surface area contributed by atoms with Crippen molar-refractivity contribution in [2.75, 3.05) is 23.7 Å². The fourth-order valence-corrected chi connectivity index (χ4v) is 4.16. The van der Waals surface area contributed by atoms with E-state index >= 15 is 0 Å². The maximum Gasteiger partial charge on any atom is 0.322 e. The molecule has 0 unspecified atom stereocenters. The van der Waals surface area contributed by atoms with Gasteiger partial charge in [-0.05, 0) is 41.7 Å². The minimum Gasteiger partial charge on any atom is -0.315 e. The topological polar surface area (TPSA) is 79.3 Å². The van der Waals surface area contributed by atoms with Gasteiger partial charge in [0, 0.05) is 23.9 Å². The zero-order chi connectivity index (χ0) is 27.1. The van der Waals surface area contributed by atoms with Crippen LogP contribution in [0.2, 0.25) is 0 Å². The Hall–Kier alpha value is -4.39. The number of carbonyl (C=O) groups excluding carboxylic acids is 2. The van der Waals surface area contributed by atoms with Crippen LogP contribution in [0.4, 0.5) is 16.3 Å². The summed E-state index contributed by atoms with van der Waals surface area (Å²) in [7, 11) is 0. The Labute approximate surface area is 224 Å². The Kier molecular flexibility index (Phi) is 8.58. The van der Waals surface area contributed by atoms with Gasteiger partial charge in [0.1, 0.15) is 12.4 Å². The van der Waals surface area contributed by atoms with Gasteiger partial charge in [-0.2, -0.15) is 5.10 Å². The van der Waals surface area contributed by atoms with Crippen LogP contribution >= 0.6 is 0 Å². The Morgan fingerprint density at radius 3 is 2.08 bits per heavy atom. The van der Waals surface area contributed by atoms with E-state index in [1.165, 1.54) is 10.5 Å². The summed E-state index contributed by atoms with van der Waals surface area (Å²) in [5.41, 5.74) is 4.41. The number of hydrogen-bond donors (Lipinski definition) is 2. The van der Waals surface area contributed by atoms with Crippen LogP contribution in [0.5, 0.6) is 0 Å². The van der Waals surface area contributed by atoms with Crippen molar-refractivity contribution in [2.24, 2.45) is 5.92 Å². The SMILES string of the molecule is CC(C)CN(CC(=O)Nc1cc(-c2ccccc2)nn1-c1ccccc1)C(=O)Nc1ccc(C(C)C)cc1. The van der Waals surface area contributed by atoms with Crippen LogP contribution in [-0.2, 0) is 4.79 Å². The van der Waals surface area contributed by atoms with Gasteiger partial charge in [0.15, 0.2) is 0 Å². The Bertz CT molecular complexity index is 1350. The molecule has 38 heavy (non-hydrogen) atoms. The number of urea groups is 1. The van der Waals surface area contributed by atoms with Crippen LogP contribution in [0.15, 0.2) is 91.0 Å².